The molecule has 3 aromatic rings. The largest absolute Gasteiger partial charge is 0.352 e. The van der Waals surface area contributed by atoms with E-state index in [1.807, 2.05) is 4.57 Å². The highest BCUT2D eigenvalue weighted by molar-refractivity contribution is 7.12. The molecule has 2 saturated carbocycles. The predicted molar refractivity (Wildman–Crippen MR) is 138 cm³/mol. The van der Waals surface area contributed by atoms with Gasteiger partial charge in [-0.3, -0.25) is 18.8 Å². The zero-order valence-electron chi connectivity index (χ0n) is 21.4. The Morgan fingerprint density at radius 1 is 1.26 bits per heavy atom. The van der Waals surface area contributed by atoms with E-state index in [1.165, 1.54) is 15.6 Å². The minimum Gasteiger partial charge on any atom is -0.352 e. The molecule has 12 heteroatoms. The first-order valence-corrected chi connectivity index (χ1v) is 14.0. The van der Waals surface area contributed by atoms with Crippen LogP contribution in [0.15, 0.2) is 12.4 Å². The average molecular weight is 544 g/mol. The van der Waals surface area contributed by atoms with Gasteiger partial charge in [0.2, 0.25) is 5.95 Å². The molecule has 0 bridgehead atoms. The molecule has 3 heterocycles. The average Bonchev–Trinajstić information content (AvgIpc) is 3.72. The van der Waals surface area contributed by atoms with Crippen LogP contribution in [0.4, 0.5) is 20.5 Å². The molecule has 2 fully saturated rings. The van der Waals surface area contributed by atoms with E-state index in [9.17, 15) is 18.4 Å². The van der Waals surface area contributed by atoms with E-state index in [-0.39, 0.29) is 29.3 Å². The number of alkyl halides is 2. The Balaban J connectivity index is 1.26. The van der Waals surface area contributed by atoms with Crippen molar-refractivity contribution in [1.82, 2.24) is 29.9 Å². The molecule has 0 unspecified atom stereocenters. The summed E-state index contributed by atoms with van der Waals surface area (Å²) in [6, 6.07) is 1.27. The smallest absolute Gasteiger partial charge is 0.282 e. The van der Waals surface area contributed by atoms with Crippen molar-refractivity contribution in [2.45, 2.75) is 64.3 Å². The Morgan fingerprint density at radius 3 is 2.74 bits per heavy atom. The molecule has 3 aromatic heterocycles. The normalized spacial score (nSPS) is 22.4. The fraction of sp³-hybridized carbons (Fsp3) is 0.577. The number of anilines is 2. The minimum absolute atomic E-state index is 0.0283. The molecule has 0 radical (unpaired) electrons. The third kappa shape index (κ3) is 4.97. The third-order valence-corrected chi connectivity index (χ3v) is 9.26. The molecule has 3 aliphatic rings. The summed E-state index contributed by atoms with van der Waals surface area (Å²) in [6.45, 7) is 2.77. The highest BCUT2D eigenvalue weighted by Crippen LogP contribution is 2.43. The number of fused-ring (bicyclic) bond motifs is 1. The maximum atomic E-state index is 13.4. The van der Waals surface area contributed by atoms with E-state index < -0.39 is 6.43 Å². The Bertz CT molecular complexity index is 1380. The van der Waals surface area contributed by atoms with Gasteiger partial charge in [-0.25, -0.2) is 8.78 Å². The van der Waals surface area contributed by atoms with Gasteiger partial charge in [-0.2, -0.15) is 5.10 Å². The first-order chi connectivity index (χ1) is 18.3. The Morgan fingerprint density at radius 2 is 2.05 bits per heavy atom. The second-order valence-electron chi connectivity index (χ2n) is 10.9. The summed E-state index contributed by atoms with van der Waals surface area (Å²) in [5.41, 5.74) is 1.37. The number of thiophene rings is 1. The molecule has 0 aliphatic heterocycles. The Labute approximate surface area is 223 Å². The first-order valence-electron chi connectivity index (χ1n) is 13.2. The molecule has 0 saturated heterocycles. The van der Waals surface area contributed by atoms with Gasteiger partial charge in [0.15, 0.2) is 0 Å². The van der Waals surface area contributed by atoms with Crippen LogP contribution in [0.3, 0.4) is 0 Å². The van der Waals surface area contributed by atoms with Crippen molar-refractivity contribution in [3.05, 3.63) is 39.0 Å². The molecule has 6 rings (SSSR count). The monoisotopic (exact) mass is 543 g/mol. The zero-order valence-corrected chi connectivity index (χ0v) is 22.2. The second-order valence-corrected chi connectivity index (χ2v) is 12.1. The highest BCUT2D eigenvalue weighted by Gasteiger charge is 2.40. The maximum Gasteiger partial charge on any atom is 0.282 e. The van der Waals surface area contributed by atoms with E-state index in [1.54, 1.807) is 24.7 Å². The van der Waals surface area contributed by atoms with Crippen LogP contribution >= 0.6 is 11.3 Å². The molecule has 0 aromatic carbocycles. The number of aryl methyl sites for hydroxylation is 2. The SMILES string of the molecule is C[C@H]1C[C@H]1C(=O)Cc1sc2c(c1C(=O)NCC1CC1)C[C@@H](n1cnnc1Nc1cc(C(F)F)nn1C)CC2. The van der Waals surface area contributed by atoms with Gasteiger partial charge in [0.1, 0.15) is 23.6 Å². The van der Waals surface area contributed by atoms with E-state index in [0.29, 0.717) is 48.6 Å². The number of halogens is 2. The van der Waals surface area contributed by atoms with Gasteiger partial charge in [0.25, 0.3) is 12.3 Å². The fourth-order valence-corrected chi connectivity index (χ4v) is 6.74. The van der Waals surface area contributed by atoms with E-state index in [0.717, 1.165) is 42.5 Å². The van der Waals surface area contributed by atoms with Crippen molar-refractivity contribution in [1.29, 1.82) is 0 Å². The number of Topliss-reactive ketones (excluding diaryl/α,β-unsaturated/α-hetero) is 1. The van der Waals surface area contributed by atoms with Crippen LogP contribution in [0.25, 0.3) is 0 Å². The van der Waals surface area contributed by atoms with Gasteiger partial charge < -0.3 is 10.6 Å². The van der Waals surface area contributed by atoms with Crippen LogP contribution in [0.1, 0.15) is 76.4 Å². The molecular formula is C26H31F2N7O2S. The zero-order chi connectivity index (χ0) is 26.6. The van der Waals surface area contributed by atoms with Gasteiger partial charge in [-0.15, -0.1) is 21.5 Å². The van der Waals surface area contributed by atoms with Crippen molar-refractivity contribution in [2.75, 3.05) is 11.9 Å². The summed E-state index contributed by atoms with van der Waals surface area (Å²) in [7, 11) is 1.59. The number of nitrogens with one attached hydrogen (secondary N) is 2. The number of hydrogen-bond donors (Lipinski definition) is 2. The van der Waals surface area contributed by atoms with Crippen LogP contribution in [-0.4, -0.2) is 42.8 Å². The fourth-order valence-electron chi connectivity index (χ4n) is 5.38. The van der Waals surface area contributed by atoms with E-state index in [2.05, 4.69) is 32.9 Å². The summed E-state index contributed by atoms with van der Waals surface area (Å²) < 4.78 is 29.5. The number of aromatic nitrogens is 5. The number of carbonyl (C=O) groups excluding carboxylic acids is 2. The number of nitrogens with zero attached hydrogens (tertiary/aromatic N) is 5. The lowest BCUT2D eigenvalue weighted by Gasteiger charge is -2.25. The number of carbonyl (C=O) groups is 2. The molecular weight excluding hydrogens is 512 g/mol. The lowest BCUT2D eigenvalue weighted by atomic mass is 9.89. The van der Waals surface area contributed by atoms with Gasteiger partial charge in [-0.1, -0.05) is 6.92 Å². The molecule has 3 atom stereocenters. The van der Waals surface area contributed by atoms with Crippen LogP contribution in [-0.2, 0) is 31.1 Å². The molecule has 3 aliphatic carbocycles. The Hall–Kier alpha value is -3.15. The Kier molecular flexibility index (Phi) is 6.53. The van der Waals surface area contributed by atoms with Crippen LogP contribution in [0.2, 0.25) is 0 Å². The van der Waals surface area contributed by atoms with Crippen LogP contribution in [0, 0.1) is 17.8 Å². The predicted octanol–water partition coefficient (Wildman–Crippen LogP) is 4.39. The van der Waals surface area contributed by atoms with E-state index >= 15 is 0 Å². The minimum atomic E-state index is -2.67. The standard InChI is InChI=1S/C26H31F2N7O2S/c1-13-7-16(13)19(36)10-21-23(25(37)29-11-14-3-4-14)17-8-15(5-6-20(17)38-21)35-12-30-32-26(35)31-22-9-18(24(27)28)33-34(22)2/h9,12-16,24H,3-8,10-11H2,1-2H3,(H,29,37)(H,31,32)/t13-,15-,16+/m0/s1. The molecule has 1 amide bonds. The van der Waals surface area contributed by atoms with Gasteiger partial charge in [0, 0.05) is 47.8 Å². The lowest BCUT2D eigenvalue weighted by molar-refractivity contribution is -0.119. The topological polar surface area (TPSA) is 107 Å². The summed E-state index contributed by atoms with van der Waals surface area (Å²) in [4.78, 5) is 28.4. The quantitative estimate of drug-likeness (QED) is 0.393. The van der Waals surface area contributed by atoms with Crippen molar-refractivity contribution in [3.8, 4) is 0 Å². The molecule has 38 heavy (non-hydrogen) atoms. The van der Waals surface area contributed by atoms with Crippen LogP contribution < -0.4 is 10.6 Å². The number of rotatable bonds is 10. The molecule has 202 valence electrons. The van der Waals surface area contributed by atoms with Crippen molar-refractivity contribution in [3.63, 3.8) is 0 Å². The molecule has 0 spiro atoms. The third-order valence-electron chi connectivity index (χ3n) is 7.97. The maximum absolute atomic E-state index is 13.4. The lowest BCUT2D eigenvalue weighted by Crippen LogP contribution is -2.28. The molecule has 9 nitrogen and oxygen atoms in total. The second kappa shape index (κ2) is 9.87. The summed E-state index contributed by atoms with van der Waals surface area (Å²) >= 11 is 1.61. The number of ketones is 1. The van der Waals surface area contributed by atoms with Gasteiger partial charge >= 0.3 is 0 Å². The van der Waals surface area contributed by atoms with Crippen LogP contribution in [0.5, 0.6) is 0 Å². The number of hydrogen-bond acceptors (Lipinski definition) is 7. The van der Waals surface area contributed by atoms with Crippen molar-refractivity contribution >= 4 is 34.8 Å². The molecule has 2 N–H and O–H groups in total. The number of amides is 1. The van der Waals surface area contributed by atoms with Crippen molar-refractivity contribution < 1.29 is 18.4 Å². The highest BCUT2D eigenvalue weighted by atomic mass is 32.1. The van der Waals surface area contributed by atoms with Gasteiger partial charge in [0.05, 0.1) is 5.56 Å². The first kappa shape index (κ1) is 25.1. The summed E-state index contributed by atoms with van der Waals surface area (Å²) in [5.74, 6) is 2.07. The summed E-state index contributed by atoms with van der Waals surface area (Å²) in [5, 5.41) is 18.3. The van der Waals surface area contributed by atoms with Gasteiger partial charge in [-0.05, 0) is 55.9 Å². The van der Waals surface area contributed by atoms with Crippen molar-refractivity contribution in [2.24, 2.45) is 24.8 Å². The van der Waals surface area contributed by atoms with E-state index in [4.69, 9.17) is 0 Å². The summed E-state index contributed by atoms with van der Waals surface area (Å²) in [6.07, 6.45) is 4.70.